The predicted octanol–water partition coefficient (Wildman–Crippen LogP) is 6.70. The molecule has 2 aromatic heterocycles. The molecule has 0 fully saturated rings. The highest BCUT2D eigenvalue weighted by molar-refractivity contribution is 7.86. The molecule has 8 nitrogen and oxygen atoms in total. The largest absolute Gasteiger partial charge is 0.383 e. The van der Waals surface area contributed by atoms with Crippen LogP contribution in [0.15, 0.2) is 76.3 Å². The lowest BCUT2D eigenvalue weighted by atomic mass is 9.88. The number of pyridine rings is 1. The molecule has 0 saturated carbocycles. The number of carbonyl (C=O) groups excluding carboxylic acids is 1. The molecule has 3 aromatic carbocycles. The zero-order chi connectivity index (χ0) is 30.5. The Labute approximate surface area is 256 Å². The Morgan fingerprint density at radius 2 is 1.74 bits per heavy atom. The molecule has 0 spiro atoms. The van der Waals surface area contributed by atoms with Crippen LogP contribution in [-0.4, -0.2) is 23.7 Å². The molecule has 0 bridgehead atoms. The summed E-state index contributed by atoms with van der Waals surface area (Å²) in [6.07, 6.45) is -0.112. The lowest BCUT2D eigenvalue weighted by Gasteiger charge is -2.20. The van der Waals surface area contributed by atoms with Gasteiger partial charge in [0.05, 0.1) is 11.3 Å². The van der Waals surface area contributed by atoms with Gasteiger partial charge in [-0.15, -0.1) is 0 Å². The quantitative estimate of drug-likeness (QED) is 0.153. The number of nitrogens with two attached hydrogens (primary N) is 1. The van der Waals surface area contributed by atoms with Crippen LogP contribution in [0.3, 0.4) is 0 Å². The van der Waals surface area contributed by atoms with Crippen LogP contribution in [0.1, 0.15) is 38.2 Å². The van der Waals surface area contributed by atoms with Crippen molar-refractivity contribution in [1.82, 2.24) is 4.98 Å². The normalized spacial score (nSPS) is 11.8. The van der Waals surface area contributed by atoms with Crippen LogP contribution in [0.2, 0.25) is 5.02 Å². The second-order valence-electron chi connectivity index (χ2n) is 9.89. The molecular formula is C32H19ClN4O4S2. The van der Waals surface area contributed by atoms with Gasteiger partial charge in [-0.25, -0.2) is 4.98 Å². The molecule has 11 heteroatoms. The number of nitriles is 2. The first-order valence-corrected chi connectivity index (χ1v) is 15.6. The Morgan fingerprint density at radius 3 is 2.40 bits per heavy atom. The second kappa shape index (κ2) is 10.8. The molecule has 6 rings (SSSR count). The number of thiophene rings is 1. The van der Waals surface area contributed by atoms with Crippen molar-refractivity contribution in [3.8, 4) is 45.6 Å². The Hall–Kier alpha value is -4.84. The third-order valence-electron chi connectivity index (χ3n) is 7.41. The van der Waals surface area contributed by atoms with Crippen LogP contribution in [-0.2, 0) is 23.0 Å². The van der Waals surface area contributed by atoms with Crippen molar-refractivity contribution in [3.63, 3.8) is 0 Å². The van der Waals surface area contributed by atoms with Gasteiger partial charge >= 0.3 is 0 Å². The number of hydrogen-bond donors (Lipinski definition) is 2. The number of hydrogen-bond acceptors (Lipinski definition) is 8. The van der Waals surface area contributed by atoms with Crippen molar-refractivity contribution < 1.29 is 17.8 Å². The molecule has 43 heavy (non-hydrogen) atoms. The molecule has 210 valence electrons. The molecule has 5 aromatic rings. The molecule has 1 aliphatic carbocycles. The predicted molar refractivity (Wildman–Crippen MR) is 164 cm³/mol. The molecule has 0 aliphatic heterocycles. The zero-order valence-corrected chi connectivity index (χ0v) is 24.5. The van der Waals surface area contributed by atoms with Crippen LogP contribution < -0.4 is 5.73 Å². The summed E-state index contributed by atoms with van der Waals surface area (Å²) in [4.78, 5) is 17.3. The number of Topliss-reactive ketones (excluding diaryl/α,β-unsaturated/α-hetero) is 1. The van der Waals surface area contributed by atoms with Crippen molar-refractivity contribution in [2.75, 3.05) is 5.73 Å². The monoisotopic (exact) mass is 622 g/mol. The van der Waals surface area contributed by atoms with Gasteiger partial charge < -0.3 is 5.73 Å². The fraction of sp³-hybridized carbons (Fsp3) is 0.0625. The maximum atomic E-state index is 13.4. The molecule has 0 saturated heterocycles. The minimum Gasteiger partial charge on any atom is -0.383 e. The van der Waals surface area contributed by atoms with Gasteiger partial charge in [0.15, 0.2) is 5.78 Å². The number of carbonyl (C=O) groups is 1. The van der Waals surface area contributed by atoms with E-state index in [-0.39, 0.29) is 52.2 Å². The van der Waals surface area contributed by atoms with Gasteiger partial charge in [-0.05, 0) is 87.0 Å². The Kier molecular flexibility index (Phi) is 7.09. The topological polar surface area (TPSA) is 158 Å². The number of nitrogen functional groups attached to an aromatic ring is 1. The highest BCUT2D eigenvalue weighted by Gasteiger charge is 2.35. The summed E-state index contributed by atoms with van der Waals surface area (Å²) < 4.78 is 37.2. The summed E-state index contributed by atoms with van der Waals surface area (Å²) in [5.74, 6) is -0.614. The first-order chi connectivity index (χ1) is 20.6. The number of benzene rings is 3. The molecule has 0 atom stereocenters. The average Bonchev–Trinajstić information content (AvgIpc) is 3.64. The van der Waals surface area contributed by atoms with E-state index in [1.807, 2.05) is 30.3 Å². The molecule has 0 unspecified atom stereocenters. The van der Waals surface area contributed by atoms with Crippen LogP contribution in [0.4, 0.5) is 5.82 Å². The zero-order valence-electron chi connectivity index (χ0n) is 22.1. The third kappa shape index (κ3) is 4.87. The van der Waals surface area contributed by atoms with E-state index in [1.165, 1.54) is 23.5 Å². The van der Waals surface area contributed by atoms with Gasteiger partial charge in [0, 0.05) is 28.1 Å². The third-order valence-corrected chi connectivity index (χ3v) is 9.33. The summed E-state index contributed by atoms with van der Waals surface area (Å²) in [6.45, 7) is 0. The Balaban J connectivity index is 1.72. The van der Waals surface area contributed by atoms with Crippen LogP contribution in [0.25, 0.3) is 33.5 Å². The van der Waals surface area contributed by atoms with E-state index in [0.717, 1.165) is 11.1 Å². The van der Waals surface area contributed by atoms with E-state index in [4.69, 9.17) is 17.3 Å². The number of halogens is 1. The number of anilines is 1. The van der Waals surface area contributed by atoms with Crippen LogP contribution >= 0.6 is 22.9 Å². The summed E-state index contributed by atoms with van der Waals surface area (Å²) in [6, 6.07) is 21.1. The lowest BCUT2D eigenvalue weighted by molar-refractivity contribution is 0.0992. The van der Waals surface area contributed by atoms with E-state index < -0.39 is 20.8 Å². The Morgan fingerprint density at radius 1 is 1.02 bits per heavy atom. The Bertz CT molecular complexity index is 2160. The van der Waals surface area contributed by atoms with Crippen molar-refractivity contribution in [3.05, 3.63) is 110 Å². The van der Waals surface area contributed by atoms with Crippen molar-refractivity contribution in [2.45, 2.75) is 17.7 Å². The van der Waals surface area contributed by atoms with Gasteiger partial charge in [0.2, 0.25) is 0 Å². The number of rotatable bonds is 6. The first-order valence-electron chi connectivity index (χ1n) is 12.8. The van der Waals surface area contributed by atoms with Gasteiger partial charge in [-0.2, -0.15) is 30.3 Å². The summed E-state index contributed by atoms with van der Waals surface area (Å²) in [7, 11) is -5.00. The first kappa shape index (κ1) is 28.3. The van der Waals surface area contributed by atoms with E-state index in [0.29, 0.717) is 27.3 Å². The van der Waals surface area contributed by atoms with Crippen LogP contribution in [0, 0.1) is 22.7 Å². The smallest absolute Gasteiger partial charge is 0.295 e. The minimum absolute atomic E-state index is 0.0265. The van der Waals surface area contributed by atoms with E-state index in [2.05, 4.69) is 11.1 Å². The van der Waals surface area contributed by atoms with Crippen molar-refractivity contribution in [1.29, 1.82) is 10.5 Å². The minimum atomic E-state index is -5.00. The molecule has 0 amide bonds. The van der Waals surface area contributed by atoms with Gasteiger partial charge in [-0.1, -0.05) is 35.9 Å². The van der Waals surface area contributed by atoms with Gasteiger partial charge in [0.1, 0.15) is 28.4 Å². The summed E-state index contributed by atoms with van der Waals surface area (Å²) >= 11 is 7.33. The fourth-order valence-corrected chi connectivity index (χ4v) is 7.31. The maximum absolute atomic E-state index is 13.4. The fourth-order valence-electron chi connectivity index (χ4n) is 5.60. The number of aromatic nitrogens is 1. The van der Waals surface area contributed by atoms with Crippen LogP contribution in [0.5, 0.6) is 0 Å². The second-order valence-corrected chi connectivity index (χ2v) is 12.5. The number of nitrogens with zero attached hydrogens (tertiary/aromatic N) is 3. The van der Waals surface area contributed by atoms with Gasteiger partial charge in [0.25, 0.3) is 10.1 Å². The van der Waals surface area contributed by atoms with Crippen molar-refractivity contribution >= 4 is 44.7 Å². The summed E-state index contributed by atoms with van der Waals surface area (Å²) in [5.41, 5.74) is 9.97. The molecule has 1 aliphatic rings. The standard InChI is InChI=1S/C32H19ClN4O4S2/c33-21-7-5-17(6-8-21)27(38)13-20-12-23-22-4-2-1-3-18(22)11-24(23)29(31(20)43(39,40)41)30-25(14-34)28(19-9-10-42-16-19)26(15-35)32(36)37-30/h1-10,12,16H,11,13H2,(H2,36,37)(H,39,40,41). The molecule has 0 radical (unpaired) electrons. The highest BCUT2D eigenvalue weighted by Crippen LogP contribution is 2.48. The van der Waals surface area contributed by atoms with E-state index in [9.17, 15) is 28.3 Å². The van der Waals surface area contributed by atoms with E-state index in [1.54, 1.807) is 35.0 Å². The number of ketones is 1. The molecule has 3 N–H and O–H groups in total. The SMILES string of the molecule is N#Cc1c(N)nc(-c2c3c(cc(CC(=O)c4ccc(Cl)cc4)c2S(=O)(=O)O)-c2ccccc2C3)c(C#N)c1-c1ccsc1. The average molecular weight is 623 g/mol. The molecule has 2 heterocycles. The van der Waals surface area contributed by atoms with Gasteiger partial charge in [-0.3, -0.25) is 9.35 Å². The molecular weight excluding hydrogens is 604 g/mol. The van der Waals surface area contributed by atoms with Crippen molar-refractivity contribution in [2.24, 2.45) is 0 Å². The number of fused-ring (bicyclic) bond motifs is 3. The maximum Gasteiger partial charge on any atom is 0.295 e. The highest BCUT2D eigenvalue weighted by atomic mass is 35.5. The lowest BCUT2D eigenvalue weighted by Crippen LogP contribution is -2.14. The van der Waals surface area contributed by atoms with E-state index >= 15 is 0 Å². The summed E-state index contributed by atoms with van der Waals surface area (Å²) in [5, 5.41) is 24.4.